The van der Waals surface area contributed by atoms with Crippen molar-refractivity contribution in [3.8, 4) is 0 Å². The number of amides is 1. The average Bonchev–Trinajstić information content (AvgIpc) is 2.34. The highest BCUT2D eigenvalue weighted by atomic mass is 127. The molecular formula is C12H17IN2O4S. The molecule has 0 spiro atoms. The van der Waals surface area contributed by atoms with Crippen molar-refractivity contribution in [2.75, 3.05) is 12.3 Å². The van der Waals surface area contributed by atoms with Gasteiger partial charge in [-0.2, -0.15) is 8.42 Å². The van der Waals surface area contributed by atoms with Crippen molar-refractivity contribution in [1.82, 2.24) is 5.32 Å². The Morgan fingerprint density at radius 3 is 2.45 bits per heavy atom. The van der Waals surface area contributed by atoms with E-state index in [9.17, 15) is 13.2 Å². The molecule has 0 saturated heterocycles. The molecule has 0 aliphatic carbocycles. The molecule has 0 saturated carbocycles. The summed E-state index contributed by atoms with van der Waals surface area (Å²) in [5.74, 6) is -0.829. The Bertz CT molecular complexity index is 545. The molecule has 0 heterocycles. The normalized spacial score (nSPS) is 13.1. The topological polar surface area (TPSA) is 109 Å². The van der Waals surface area contributed by atoms with Crippen LogP contribution in [0.4, 0.5) is 0 Å². The molecule has 0 bridgehead atoms. The van der Waals surface area contributed by atoms with E-state index in [-0.39, 0.29) is 18.7 Å². The smallest absolute Gasteiger partial charge is 0.264 e. The number of benzene rings is 1. The van der Waals surface area contributed by atoms with Gasteiger partial charge in [-0.25, -0.2) is 0 Å². The van der Waals surface area contributed by atoms with Gasteiger partial charge in [-0.3, -0.25) is 9.35 Å². The van der Waals surface area contributed by atoms with Crippen molar-refractivity contribution in [3.05, 3.63) is 33.4 Å². The molecule has 1 atom stereocenters. The number of hydrogen-bond donors (Lipinski definition) is 3. The first-order valence-corrected chi connectivity index (χ1v) is 8.69. The minimum absolute atomic E-state index is 0.218. The summed E-state index contributed by atoms with van der Waals surface area (Å²) in [5.41, 5.74) is 6.28. The van der Waals surface area contributed by atoms with E-state index >= 15 is 0 Å². The number of carbonyl (C=O) groups is 1. The predicted octanol–water partition coefficient (Wildman–Crippen LogP) is 0.555. The second-order valence-corrected chi connectivity index (χ2v) is 7.20. The Labute approximate surface area is 132 Å². The molecule has 1 amide bonds. The van der Waals surface area contributed by atoms with Gasteiger partial charge in [0.2, 0.25) is 5.91 Å². The molecule has 1 rings (SSSR count). The lowest BCUT2D eigenvalue weighted by atomic mass is 10.1. The molecular weight excluding hydrogens is 395 g/mol. The van der Waals surface area contributed by atoms with Gasteiger partial charge >= 0.3 is 0 Å². The van der Waals surface area contributed by atoms with Crippen molar-refractivity contribution >= 4 is 38.6 Å². The maximum absolute atomic E-state index is 11.4. The maximum atomic E-state index is 11.4. The van der Waals surface area contributed by atoms with Gasteiger partial charge in [0.05, 0.1) is 11.8 Å². The van der Waals surface area contributed by atoms with Gasteiger partial charge < -0.3 is 11.1 Å². The van der Waals surface area contributed by atoms with Crippen molar-refractivity contribution in [3.63, 3.8) is 0 Å². The van der Waals surface area contributed by atoms with E-state index in [1.165, 1.54) is 0 Å². The zero-order valence-corrected chi connectivity index (χ0v) is 13.7. The monoisotopic (exact) mass is 412 g/mol. The lowest BCUT2D eigenvalue weighted by Crippen LogP contribution is -2.43. The van der Waals surface area contributed by atoms with E-state index in [0.29, 0.717) is 6.42 Å². The lowest BCUT2D eigenvalue weighted by molar-refractivity contribution is -0.120. The molecule has 0 fully saturated rings. The van der Waals surface area contributed by atoms with Crippen LogP contribution in [0, 0.1) is 3.57 Å². The van der Waals surface area contributed by atoms with E-state index in [0.717, 1.165) is 9.13 Å². The van der Waals surface area contributed by atoms with E-state index in [2.05, 4.69) is 27.9 Å². The summed E-state index contributed by atoms with van der Waals surface area (Å²) in [7, 11) is -3.96. The molecule has 4 N–H and O–H groups in total. The Morgan fingerprint density at radius 1 is 1.35 bits per heavy atom. The minimum Gasteiger partial charge on any atom is -0.368 e. The number of halogens is 1. The molecule has 0 aromatic heterocycles. The van der Waals surface area contributed by atoms with Crippen LogP contribution in [0.25, 0.3) is 0 Å². The molecule has 20 heavy (non-hydrogen) atoms. The van der Waals surface area contributed by atoms with E-state index in [1.807, 2.05) is 24.3 Å². The lowest BCUT2D eigenvalue weighted by Gasteiger charge is -2.15. The fraction of sp³-hybridized carbons (Fsp3) is 0.417. The summed E-state index contributed by atoms with van der Waals surface area (Å²) in [6, 6.07) is 7.14. The summed E-state index contributed by atoms with van der Waals surface area (Å²) in [4.78, 5) is 11.4. The summed E-state index contributed by atoms with van der Waals surface area (Å²) >= 11 is 2.19. The molecule has 0 unspecified atom stereocenters. The van der Waals surface area contributed by atoms with Crippen LogP contribution >= 0.6 is 22.6 Å². The highest BCUT2D eigenvalue weighted by Gasteiger charge is 2.15. The highest BCUT2D eigenvalue weighted by molar-refractivity contribution is 14.1. The van der Waals surface area contributed by atoms with Crippen LogP contribution in [0.5, 0.6) is 0 Å². The van der Waals surface area contributed by atoms with Crippen LogP contribution in [0.15, 0.2) is 24.3 Å². The first kappa shape index (κ1) is 17.3. The van der Waals surface area contributed by atoms with E-state index in [4.69, 9.17) is 10.3 Å². The Balaban J connectivity index is 2.49. The van der Waals surface area contributed by atoms with E-state index < -0.39 is 22.1 Å². The van der Waals surface area contributed by atoms with Gasteiger partial charge in [0.15, 0.2) is 0 Å². The molecule has 0 aliphatic rings. The van der Waals surface area contributed by atoms with Crippen molar-refractivity contribution in [1.29, 1.82) is 0 Å². The van der Waals surface area contributed by atoms with Gasteiger partial charge in [-0.1, -0.05) is 12.1 Å². The first-order valence-electron chi connectivity index (χ1n) is 6.00. The van der Waals surface area contributed by atoms with Crippen LogP contribution in [0.3, 0.4) is 0 Å². The standard InChI is InChI=1S/C12H17IN2O4S/c13-10-4-2-9(3-5-10)8-11(12(14)16)15-6-1-7-20(17,18)19/h2-5,11,15H,1,6-8H2,(H2,14,16)(H,17,18,19)/t11-/m0/s1. The average molecular weight is 412 g/mol. The third-order valence-electron chi connectivity index (χ3n) is 2.67. The largest absolute Gasteiger partial charge is 0.368 e. The van der Waals surface area contributed by atoms with Crippen LogP contribution < -0.4 is 11.1 Å². The summed E-state index contributed by atoms with van der Waals surface area (Å²) in [6.45, 7) is 0.289. The zero-order chi connectivity index (χ0) is 15.2. The highest BCUT2D eigenvalue weighted by Crippen LogP contribution is 2.09. The van der Waals surface area contributed by atoms with Crippen LogP contribution in [0.2, 0.25) is 0 Å². The van der Waals surface area contributed by atoms with Gasteiger partial charge in [-0.15, -0.1) is 0 Å². The van der Waals surface area contributed by atoms with Gasteiger partial charge in [0.25, 0.3) is 10.1 Å². The zero-order valence-electron chi connectivity index (χ0n) is 10.8. The van der Waals surface area contributed by atoms with Crippen LogP contribution in [0.1, 0.15) is 12.0 Å². The number of hydrogen-bond acceptors (Lipinski definition) is 4. The number of nitrogens with one attached hydrogen (secondary N) is 1. The molecule has 1 aromatic rings. The second-order valence-electron chi connectivity index (χ2n) is 4.38. The van der Waals surface area contributed by atoms with Crippen LogP contribution in [-0.2, 0) is 21.3 Å². The predicted molar refractivity (Wildman–Crippen MR) is 84.9 cm³/mol. The first-order chi connectivity index (χ1) is 9.28. The number of carbonyl (C=O) groups excluding carboxylic acids is 1. The van der Waals surface area contributed by atoms with Crippen molar-refractivity contribution in [2.45, 2.75) is 18.9 Å². The van der Waals surface area contributed by atoms with Gasteiger partial charge in [-0.05, 0) is 59.7 Å². The summed E-state index contributed by atoms with van der Waals surface area (Å²) in [5, 5.41) is 2.90. The number of nitrogens with two attached hydrogens (primary N) is 1. The Morgan fingerprint density at radius 2 is 1.95 bits per heavy atom. The number of primary amides is 1. The fourth-order valence-corrected chi connectivity index (χ4v) is 2.53. The maximum Gasteiger partial charge on any atom is 0.264 e. The third kappa shape index (κ3) is 7.17. The third-order valence-corrected chi connectivity index (χ3v) is 4.19. The fourth-order valence-electron chi connectivity index (χ4n) is 1.66. The van der Waals surface area contributed by atoms with Gasteiger partial charge in [0, 0.05) is 3.57 Å². The quantitative estimate of drug-likeness (QED) is 0.328. The molecule has 0 radical (unpaired) electrons. The molecule has 8 heteroatoms. The van der Waals surface area contributed by atoms with Gasteiger partial charge in [0.1, 0.15) is 0 Å². The molecule has 0 aliphatic heterocycles. The Kier molecular flexibility index (Phi) is 6.86. The minimum atomic E-state index is -3.96. The SMILES string of the molecule is NC(=O)[C@H](Cc1ccc(I)cc1)NCCCS(=O)(=O)O. The Hall–Kier alpha value is -0.710. The molecule has 1 aromatic carbocycles. The van der Waals surface area contributed by atoms with E-state index in [1.54, 1.807) is 0 Å². The van der Waals surface area contributed by atoms with Crippen LogP contribution in [-0.4, -0.2) is 37.2 Å². The van der Waals surface area contributed by atoms with Crippen molar-refractivity contribution in [2.24, 2.45) is 5.73 Å². The molecule has 112 valence electrons. The summed E-state index contributed by atoms with van der Waals surface area (Å²) < 4.78 is 30.8. The second kappa shape index (κ2) is 7.91. The summed E-state index contributed by atoms with van der Waals surface area (Å²) in [6.07, 6.45) is 0.660. The molecule has 6 nitrogen and oxygen atoms in total. The number of rotatable bonds is 8. The van der Waals surface area contributed by atoms with Crippen molar-refractivity contribution < 1.29 is 17.8 Å².